The minimum absolute atomic E-state index is 0. The maximum Gasteiger partial charge on any atom is 0.246 e. The molecular weight excluding hydrogens is 524 g/mol. The summed E-state index contributed by atoms with van der Waals surface area (Å²) in [7, 11) is 4.95. The first-order valence-corrected chi connectivity index (χ1v) is 9.20. The molecule has 160 valence electrons. The fourth-order valence-corrected chi connectivity index (χ4v) is 2.96. The minimum atomic E-state index is -0.402. The summed E-state index contributed by atoms with van der Waals surface area (Å²) in [6, 6.07) is 12.1. The van der Waals surface area contributed by atoms with E-state index >= 15 is 0 Å². The largest absolute Gasteiger partial charge is 0.494 e. The highest BCUT2D eigenvalue weighted by Crippen LogP contribution is 2.20. The number of hydrogen-bond donors (Lipinski definition) is 1. The third kappa shape index (κ3) is 6.05. The number of aliphatic imine (C=N–C) groups is 1. The van der Waals surface area contributed by atoms with E-state index in [1.54, 1.807) is 31.3 Å². The van der Waals surface area contributed by atoms with Gasteiger partial charge in [0.2, 0.25) is 11.7 Å². The van der Waals surface area contributed by atoms with Crippen molar-refractivity contribution in [3.8, 4) is 17.1 Å². The van der Waals surface area contributed by atoms with Gasteiger partial charge in [0.1, 0.15) is 0 Å². The summed E-state index contributed by atoms with van der Waals surface area (Å²) < 4.78 is 24.1. The molecule has 7 nitrogen and oxygen atoms in total. The third-order valence-electron chi connectivity index (χ3n) is 4.16. The molecule has 0 saturated carbocycles. The van der Waals surface area contributed by atoms with E-state index in [2.05, 4.69) is 20.4 Å². The number of hydrogen-bond acceptors (Lipinski definition) is 5. The normalized spacial score (nSPS) is 11.0. The summed E-state index contributed by atoms with van der Waals surface area (Å²) in [5.41, 5.74) is 1.56. The molecule has 10 heteroatoms. The summed E-state index contributed by atoms with van der Waals surface area (Å²) in [6.45, 7) is 0.750. The second-order valence-electron chi connectivity index (χ2n) is 6.25. The smallest absolute Gasteiger partial charge is 0.246 e. The maximum atomic E-state index is 13.9. The zero-order valence-electron chi connectivity index (χ0n) is 16.7. The number of rotatable bonds is 6. The van der Waals surface area contributed by atoms with Gasteiger partial charge in [-0.05, 0) is 29.8 Å². The first-order valence-electron chi connectivity index (χ1n) is 8.83. The average Bonchev–Trinajstić information content (AvgIpc) is 3.18. The Hall–Kier alpha value is -2.40. The highest BCUT2D eigenvalue weighted by atomic mass is 127. The number of benzene rings is 2. The van der Waals surface area contributed by atoms with Gasteiger partial charge in [-0.25, -0.2) is 4.39 Å². The molecule has 1 aromatic heterocycles. The number of guanidine groups is 1. The monoisotopic (exact) mass is 545 g/mol. The molecule has 30 heavy (non-hydrogen) atoms. The average molecular weight is 546 g/mol. The molecule has 0 fully saturated rings. The zero-order valence-corrected chi connectivity index (χ0v) is 19.8. The lowest BCUT2D eigenvalue weighted by molar-refractivity contribution is 0.371. The van der Waals surface area contributed by atoms with Gasteiger partial charge in [0, 0.05) is 31.2 Å². The molecular formula is C20H22ClFIN5O2. The van der Waals surface area contributed by atoms with Crippen molar-refractivity contribution >= 4 is 41.5 Å². The fourth-order valence-electron chi connectivity index (χ4n) is 2.77. The molecule has 2 aromatic carbocycles. The van der Waals surface area contributed by atoms with Crippen LogP contribution in [0.15, 0.2) is 52.0 Å². The second-order valence-corrected chi connectivity index (χ2v) is 6.68. The van der Waals surface area contributed by atoms with Crippen molar-refractivity contribution < 1.29 is 13.7 Å². The highest BCUT2D eigenvalue weighted by molar-refractivity contribution is 14.0. The Kier molecular flexibility index (Phi) is 8.85. The summed E-state index contributed by atoms with van der Waals surface area (Å²) in [4.78, 5) is 10.5. The number of nitrogens with one attached hydrogen (secondary N) is 1. The lowest BCUT2D eigenvalue weighted by Gasteiger charge is -2.21. The van der Waals surface area contributed by atoms with Crippen molar-refractivity contribution in [1.29, 1.82) is 0 Å². The standard InChI is InChI=1S/C20H21ClFN5O2.HI/c1-23-20(27(2)12-13-7-8-17(28-3)16(22)9-13)24-11-18-25-19(26-29-18)14-5-4-6-15(21)10-14;/h4-10H,11-12H2,1-3H3,(H,23,24);1H. The van der Waals surface area contributed by atoms with Crippen molar-refractivity contribution in [3.63, 3.8) is 0 Å². The summed E-state index contributed by atoms with van der Waals surface area (Å²) in [5.74, 6) is 1.28. The molecule has 0 spiro atoms. The van der Waals surface area contributed by atoms with Gasteiger partial charge in [0.15, 0.2) is 17.5 Å². The molecule has 3 aromatic rings. The van der Waals surface area contributed by atoms with Crippen LogP contribution in [-0.4, -0.2) is 42.2 Å². The lowest BCUT2D eigenvalue weighted by Crippen LogP contribution is -2.38. The number of ether oxygens (including phenoxy) is 1. The predicted octanol–water partition coefficient (Wildman–Crippen LogP) is 4.36. The molecule has 1 N–H and O–H groups in total. The number of aromatic nitrogens is 2. The lowest BCUT2D eigenvalue weighted by atomic mass is 10.2. The first kappa shape index (κ1) is 23.9. The second kappa shape index (κ2) is 11.1. The predicted molar refractivity (Wildman–Crippen MR) is 125 cm³/mol. The Morgan fingerprint density at radius 3 is 2.77 bits per heavy atom. The van der Waals surface area contributed by atoms with Gasteiger partial charge in [-0.15, -0.1) is 24.0 Å². The van der Waals surface area contributed by atoms with E-state index in [0.717, 1.165) is 11.1 Å². The van der Waals surface area contributed by atoms with Crippen molar-refractivity contribution in [2.75, 3.05) is 21.2 Å². The number of methoxy groups -OCH3 is 1. The molecule has 0 aliphatic rings. The van der Waals surface area contributed by atoms with Crippen LogP contribution in [0.25, 0.3) is 11.4 Å². The highest BCUT2D eigenvalue weighted by Gasteiger charge is 2.12. The first-order chi connectivity index (χ1) is 14.0. The fraction of sp³-hybridized carbons (Fsp3) is 0.250. The molecule has 3 rings (SSSR count). The quantitative estimate of drug-likeness (QED) is 0.282. The number of nitrogens with zero attached hydrogens (tertiary/aromatic N) is 4. The van der Waals surface area contributed by atoms with Crippen LogP contribution in [0.4, 0.5) is 4.39 Å². The Labute approximate surface area is 196 Å². The summed E-state index contributed by atoms with van der Waals surface area (Å²) in [6.07, 6.45) is 0. The Balaban J connectivity index is 0.00000320. The van der Waals surface area contributed by atoms with Gasteiger partial charge < -0.3 is 19.5 Å². The van der Waals surface area contributed by atoms with Crippen LogP contribution in [0, 0.1) is 5.82 Å². The minimum Gasteiger partial charge on any atom is -0.494 e. The van der Waals surface area contributed by atoms with E-state index in [9.17, 15) is 4.39 Å². The van der Waals surface area contributed by atoms with Crippen LogP contribution in [0.5, 0.6) is 5.75 Å². The molecule has 0 saturated heterocycles. The zero-order chi connectivity index (χ0) is 20.8. The Bertz CT molecular complexity index is 1010. The molecule has 0 amide bonds. The molecule has 0 radical (unpaired) electrons. The van der Waals surface area contributed by atoms with Crippen LogP contribution in [0.3, 0.4) is 0 Å². The van der Waals surface area contributed by atoms with E-state index in [4.69, 9.17) is 20.9 Å². The third-order valence-corrected chi connectivity index (χ3v) is 4.39. The molecule has 0 unspecified atom stereocenters. The Morgan fingerprint density at radius 2 is 2.10 bits per heavy atom. The topological polar surface area (TPSA) is 75.8 Å². The van der Waals surface area contributed by atoms with Gasteiger partial charge in [0.25, 0.3) is 0 Å². The van der Waals surface area contributed by atoms with Crippen LogP contribution in [-0.2, 0) is 13.1 Å². The van der Waals surface area contributed by atoms with Crippen LogP contribution >= 0.6 is 35.6 Å². The summed E-state index contributed by atoms with van der Waals surface area (Å²) in [5, 5.41) is 7.73. The van der Waals surface area contributed by atoms with Gasteiger partial charge in [-0.1, -0.05) is 35.0 Å². The Morgan fingerprint density at radius 1 is 1.30 bits per heavy atom. The molecule has 0 atom stereocenters. The van der Waals surface area contributed by atoms with E-state index in [-0.39, 0.29) is 29.7 Å². The van der Waals surface area contributed by atoms with Crippen molar-refractivity contribution in [3.05, 3.63) is 64.8 Å². The van der Waals surface area contributed by atoms with E-state index < -0.39 is 5.82 Å². The number of halogens is 3. The van der Waals surface area contributed by atoms with Crippen LogP contribution < -0.4 is 10.1 Å². The van der Waals surface area contributed by atoms with E-state index in [1.807, 2.05) is 24.1 Å². The van der Waals surface area contributed by atoms with Gasteiger partial charge in [-0.3, -0.25) is 4.99 Å². The molecule has 0 aliphatic heterocycles. The van der Waals surface area contributed by atoms with Gasteiger partial charge in [0.05, 0.1) is 13.7 Å². The summed E-state index contributed by atoms with van der Waals surface area (Å²) >= 11 is 6.00. The molecule has 1 heterocycles. The van der Waals surface area contributed by atoms with Crippen molar-refractivity contribution in [1.82, 2.24) is 20.4 Å². The maximum absolute atomic E-state index is 13.9. The van der Waals surface area contributed by atoms with Crippen molar-refractivity contribution in [2.45, 2.75) is 13.1 Å². The van der Waals surface area contributed by atoms with Gasteiger partial charge in [-0.2, -0.15) is 4.98 Å². The van der Waals surface area contributed by atoms with Crippen LogP contribution in [0.1, 0.15) is 11.5 Å². The van der Waals surface area contributed by atoms with Gasteiger partial charge >= 0.3 is 0 Å². The SMILES string of the molecule is CN=C(NCc1nc(-c2cccc(Cl)c2)no1)N(C)Cc1ccc(OC)c(F)c1.I. The van der Waals surface area contributed by atoms with E-state index in [1.165, 1.54) is 13.2 Å². The molecule has 0 bridgehead atoms. The van der Waals surface area contributed by atoms with Crippen molar-refractivity contribution in [2.24, 2.45) is 4.99 Å². The molecule has 0 aliphatic carbocycles. The van der Waals surface area contributed by atoms with Crippen LogP contribution in [0.2, 0.25) is 5.02 Å². The van der Waals surface area contributed by atoms with E-state index in [0.29, 0.717) is 35.8 Å².